The number of benzene rings is 3. The Hall–Kier alpha value is -3.62. The van der Waals surface area contributed by atoms with Gasteiger partial charge in [-0.05, 0) is 56.3 Å². The number of aliphatic hydroxyl groups is 1. The topological polar surface area (TPSA) is 94.1 Å². The van der Waals surface area contributed by atoms with E-state index >= 15 is 0 Å². The van der Waals surface area contributed by atoms with Crippen LogP contribution >= 0.6 is 0 Å². The molecule has 0 unspecified atom stereocenters. The summed E-state index contributed by atoms with van der Waals surface area (Å²) in [6, 6.07) is 18.1. The van der Waals surface area contributed by atoms with Crippen LogP contribution in [-0.4, -0.2) is 72.3 Å². The third-order valence-electron chi connectivity index (χ3n) is 7.74. The van der Waals surface area contributed by atoms with E-state index < -0.39 is 6.03 Å². The molecule has 1 fully saturated rings. The molecule has 8 nitrogen and oxygen atoms in total. The molecule has 5 rings (SSSR count). The van der Waals surface area contributed by atoms with Gasteiger partial charge in [-0.3, -0.25) is 4.79 Å². The SMILES string of the molecule is C[C@H]1CN([C@@H](C)CO)C(=O)c2cccc(NC(=O)Nc3cccc4ccccc34)c2O[C@H]1CN(C)CC1CC1. The van der Waals surface area contributed by atoms with Gasteiger partial charge in [0.15, 0.2) is 5.75 Å². The van der Waals surface area contributed by atoms with Crippen LogP contribution in [0, 0.1) is 11.8 Å². The van der Waals surface area contributed by atoms with Gasteiger partial charge in [-0.1, -0.05) is 49.4 Å². The van der Waals surface area contributed by atoms with Crippen molar-refractivity contribution in [1.29, 1.82) is 0 Å². The first-order chi connectivity index (χ1) is 18.8. The lowest BCUT2D eigenvalue weighted by molar-refractivity contribution is 0.0346. The fourth-order valence-corrected chi connectivity index (χ4v) is 5.29. The molecule has 1 aliphatic heterocycles. The molecule has 1 heterocycles. The molecule has 1 saturated carbocycles. The Kier molecular flexibility index (Phi) is 8.04. The summed E-state index contributed by atoms with van der Waals surface area (Å²) >= 11 is 0. The Morgan fingerprint density at radius 2 is 1.74 bits per heavy atom. The van der Waals surface area contributed by atoms with E-state index in [2.05, 4.69) is 29.5 Å². The number of anilines is 2. The van der Waals surface area contributed by atoms with Crippen molar-refractivity contribution in [2.24, 2.45) is 11.8 Å². The number of rotatable bonds is 8. The summed E-state index contributed by atoms with van der Waals surface area (Å²) in [5.41, 5.74) is 1.50. The van der Waals surface area contributed by atoms with E-state index in [0.29, 0.717) is 35.8 Å². The highest BCUT2D eigenvalue weighted by molar-refractivity contribution is 6.08. The van der Waals surface area contributed by atoms with Crippen molar-refractivity contribution < 1.29 is 19.4 Å². The molecule has 1 aliphatic carbocycles. The van der Waals surface area contributed by atoms with Gasteiger partial charge < -0.3 is 30.3 Å². The largest absolute Gasteiger partial charge is 0.486 e. The van der Waals surface area contributed by atoms with E-state index in [4.69, 9.17) is 4.74 Å². The minimum Gasteiger partial charge on any atom is -0.486 e. The molecule has 3 atom stereocenters. The average Bonchev–Trinajstić information content (AvgIpc) is 3.74. The molecule has 206 valence electrons. The molecule has 3 N–H and O–H groups in total. The molecular formula is C31H38N4O4. The van der Waals surface area contributed by atoms with Gasteiger partial charge in [0.1, 0.15) is 6.10 Å². The Bertz CT molecular complexity index is 1340. The number of ether oxygens (including phenoxy) is 1. The minimum absolute atomic E-state index is 0.00955. The van der Waals surface area contributed by atoms with Gasteiger partial charge in [0.05, 0.1) is 29.6 Å². The normalized spacial score (nSPS) is 20.1. The van der Waals surface area contributed by atoms with Crippen LogP contribution in [0.25, 0.3) is 10.8 Å². The highest BCUT2D eigenvalue weighted by Gasteiger charge is 2.35. The molecule has 0 spiro atoms. The Morgan fingerprint density at radius 1 is 1.05 bits per heavy atom. The lowest BCUT2D eigenvalue weighted by atomic mass is 9.99. The first-order valence-corrected chi connectivity index (χ1v) is 13.8. The number of nitrogens with one attached hydrogen (secondary N) is 2. The zero-order chi connectivity index (χ0) is 27.5. The second kappa shape index (κ2) is 11.6. The average molecular weight is 531 g/mol. The zero-order valence-electron chi connectivity index (χ0n) is 22.9. The molecule has 0 aromatic heterocycles. The molecule has 3 amide bonds. The maximum absolute atomic E-state index is 13.7. The van der Waals surface area contributed by atoms with Crippen LogP contribution in [-0.2, 0) is 0 Å². The van der Waals surface area contributed by atoms with Gasteiger partial charge in [0, 0.05) is 30.9 Å². The predicted molar refractivity (Wildman–Crippen MR) is 154 cm³/mol. The van der Waals surface area contributed by atoms with E-state index in [1.807, 2.05) is 49.4 Å². The van der Waals surface area contributed by atoms with Gasteiger partial charge in [0.25, 0.3) is 5.91 Å². The van der Waals surface area contributed by atoms with Gasteiger partial charge in [0.2, 0.25) is 0 Å². The van der Waals surface area contributed by atoms with Crippen LogP contribution in [0.15, 0.2) is 60.7 Å². The third-order valence-corrected chi connectivity index (χ3v) is 7.74. The number of carbonyl (C=O) groups is 2. The number of para-hydroxylation sites is 1. The number of aliphatic hydroxyl groups excluding tert-OH is 1. The van der Waals surface area contributed by atoms with Crippen LogP contribution in [0.4, 0.5) is 16.2 Å². The number of fused-ring (bicyclic) bond motifs is 2. The Balaban J connectivity index is 1.44. The third kappa shape index (κ3) is 6.18. The first-order valence-electron chi connectivity index (χ1n) is 13.8. The van der Waals surface area contributed by atoms with Gasteiger partial charge in [-0.15, -0.1) is 0 Å². The molecule has 2 aliphatic rings. The summed E-state index contributed by atoms with van der Waals surface area (Å²) in [7, 11) is 2.11. The standard InChI is InChI=1S/C31H38N4O4/c1-20-16-35(21(2)19-36)30(37)25-11-7-13-27(29(25)39-28(20)18-34(3)17-22-14-15-22)33-31(38)32-26-12-6-9-23-8-4-5-10-24(23)26/h4-13,20-22,28,36H,14-19H2,1-3H3,(H2,32,33,38)/t20-,21-,28-/m0/s1. The molecule has 0 saturated heterocycles. The number of amides is 3. The molecule has 39 heavy (non-hydrogen) atoms. The van der Waals surface area contributed by atoms with Crippen LogP contribution in [0.2, 0.25) is 0 Å². The van der Waals surface area contributed by atoms with Crippen molar-refractivity contribution in [2.75, 3.05) is 43.9 Å². The van der Waals surface area contributed by atoms with E-state index in [-0.39, 0.29) is 30.6 Å². The lowest BCUT2D eigenvalue weighted by Crippen LogP contribution is -2.50. The van der Waals surface area contributed by atoms with Crippen LogP contribution in [0.3, 0.4) is 0 Å². The molecule has 3 aromatic carbocycles. The summed E-state index contributed by atoms with van der Waals surface area (Å²) in [6.07, 6.45) is 2.33. The van der Waals surface area contributed by atoms with Crippen molar-refractivity contribution in [3.05, 3.63) is 66.2 Å². The van der Waals surface area contributed by atoms with E-state index in [1.165, 1.54) is 12.8 Å². The van der Waals surface area contributed by atoms with E-state index in [0.717, 1.165) is 23.2 Å². The van der Waals surface area contributed by atoms with Crippen LogP contribution < -0.4 is 15.4 Å². The first kappa shape index (κ1) is 27.0. The zero-order valence-corrected chi connectivity index (χ0v) is 22.9. The summed E-state index contributed by atoms with van der Waals surface area (Å²) in [6.45, 7) is 5.98. The second-order valence-electron chi connectivity index (χ2n) is 11.1. The Morgan fingerprint density at radius 3 is 2.51 bits per heavy atom. The maximum atomic E-state index is 13.7. The van der Waals surface area contributed by atoms with Gasteiger partial charge in [-0.25, -0.2) is 4.79 Å². The van der Waals surface area contributed by atoms with E-state index in [1.54, 1.807) is 23.1 Å². The second-order valence-corrected chi connectivity index (χ2v) is 11.1. The summed E-state index contributed by atoms with van der Waals surface area (Å²) in [4.78, 5) is 30.9. The van der Waals surface area contributed by atoms with Gasteiger partial charge in [-0.2, -0.15) is 0 Å². The van der Waals surface area contributed by atoms with Crippen LogP contribution in [0.5, 0.6) is 5.75 Å². The molecule has 0 bridgehead atoms. The lowest BCUT2D eigenvalue weighted by Gasteiger charge is -2.38. The van der Waals surface area contributed by atoms with E-state index in [9.17, 15) is 14.7 Å². The summed E-state index contributed by atoms with van der Waals surface area (Å²) in [5.74, 6) is 0.896. The summed E-state index contributed by atoms with van der Waals surface area (Å²) < 4.78 is 6.61. The molecule has 3 aromatic rings. The number of carbonyl (C=O) groups excluding carboxylic acids is 2. The minimum atomic E-state index is -0.422. The van der Waals surface area contributed by atoms with Gasteiger partial charge >= 0.3 is 6.03 Å². The highest BCUT2D eigenvalue weighted by Crippen LogP contribution is 2.36. The smallest absolute Gasteiger partial charge is 0.323 e. The monoisotopic (exact) mass is 530 g/mol. The number of hydrogen-bond donors (Lipinski definition) is 3. The van der Waals surface area contributed by atoms with Crippen molar-refractivity contribution in [2.45, 2.75) is 38.8 Å². The van der Waals surface area contributed by atoms with Crippen molar-refractivity contribution >= 4 is 34.1 Å². The number of likely N-dealkylation sites (N-methyl/N-ethyl adjacent to an activating group) is 1. The number of hydrogen-bond acceptors (Lipinski definition) is 5. The molecular weight excluding hydrogens is 492 g/mol. The van der Waals surface area contributed by atoms with Crippen molar-refractivity contribution in [3.8, 4) is 5.75 Å². The number of urea groups is 1. The highest BCUT2D eigenvalue weighted by atomic mass is 16.5. The van der Waals surface area contributed by atoms with Crippen LogP contribution in [0.1, 0.15) is 37.0 Å². The fraction of sp³-hybridized carbons (Fsp3) is 0.419. The summed E-state index contributed by atoms with van der Waals surface area (Å²) in [5, 5.41) is 17.8. The quantitative estimate of drug-likeness (QED) is 0.379. The maximum Gasteiger partial charge on any atom is 0.323 e. The Labute approximate surface area is 229 Å². The fourth-order valence-electron chi connectivity index (χ4n) is 5.29. The van der Waals surface area contributed by atoms with Crippen molar-refractivity contribution in [3.63, 3.8) is 0 Å². The number of nitrogens with zero attached hydrogens (tertiary/aromatic N) is 2. The van der Waals surface area contributed by atoms with Crippen molar-refractivity contribution in [1.82, 2.24) is 9.80 Å². The molecule has 8 heteroatoms. The molecule has 0 radical (unpaired) electrons. The predicted octanol–water partition coefficient (Wildman–Crippen LogP) is 5.05.